The number of aromatic nitrogens is 1. The zero-order chi connectivity index (χ0) is 14.2. The summed E-state index contributed by atoms with van der Waals surface area (Å²) in [4.78, 5) is 13.7. The second-order valence-corrected chi connectivity index (χ2v) is 3.95. The molecule has 19 heavy (non-hydrogen) atoms. The molecule has 0 amide bonds. The van der Waals surface area contributed by atoms with Crippen molar-refractivity contribution in [1.82, 2.24) is 4.98 Å². The minimum absolute atomic E-state index is 0.176. The molecule has 2 rings (SSSR count). The molecule has 0 radical (unpaired) electrons. The van der Waals surface area contributed by atoms with Gasteiger partial charge in [-0.15, -0.1) is 0 Å². The Balaban J connectivity index is 2.72. The molecule has 5 nitrogen and oxygen atoms in total. The Morgan fingerprint density at radius 1 is 1.32 bits per heavy atom. The maximum atomic E-state index is 13.9. The molecule has 7 heteroatoms. The highest BCUT2D eigenvalue weighted by atomic mass is 19.1. The largest absolute Gasteiger partial charge is 0.383 e. The standard InChI is InChI=1S/C12H9F2N3O2/c1-6-2-3-8(13)11(12(6)14)9-4-7(17(18)19)5-10(15)16-9/h2-5H,1H3,(H2,15,16). The number of benzene rings is 1. The van der Waals surface area contributed by atoms with Gasteiger partial charge in [-0.25, -0.2) is 13.8 Å². The van der Waals surface area contributed by atoms with Crippen molar-refractivity contribution in [3.63, 3.8) is 0 Å². The molecule has 2 aromatic rings. The Bertz CT molecular complexity index is 674. The fraction of sp³-hybridized carbons (Fsp3) is 0.0833. The van der Waals surface area contributed by atoms with Gasteiger partial charge in [-0.1, -0.05) is 6.07 Å². The lowest BCUT2D eigenvalue weighted by Gasteiger charge is -2.07. The van der Waals surface area contributed by atoms with E-state index < -0.39 is 22.1 Å². The topological polar surface area (TPSA) is 82.0 Å². The minimum Gasteiger partial charge on any atom is -0.383 e. The first-order chi connectivity index (χ1) is 8.90. The molecule has 0 unspecified atom stereocenters. The molecule has 1 aromatic carbocycles. The summed E-state index contributed by atoms with van der Waals surface area (Å²) in [5.41, 5.74) is 4.63. The fourth-order valence-corrected chi connectivity index (χ4v) is 1.66. The van der Waals surface area contributed by atoms with E-state index in [2.05, 4.69) is 4.98 Å². The number of nitrogens with two attached hydrogens (primary N) is 1. The third-order valence-corrected chi connectivity index (χ3v) is 2.58. The van der Waals surface area contributed by atoms with Gasteiger partial charge >= 0.3 is 0 Å². The normalized spacial score (nSPS) is 10.5. The maximum Gasteiger partial charge on any atom is 0.275 e. The predicted molar refractivity (Wildman–Crippen MR) is 65.4 cm³/mol. The van der Waals surface area contributed by atoms with E-state index in [9.17, 15) is 18.9 Å². The van der Waals surface area contributed by atoms with Crippen LogP contribution in [0.4, 0.5) is 20.3 Å². The molecule has 0 atom stereocenters. The Hall–Kier alpha value is -2.57. The molecule has 0 bridgehead atoms. The molecule has 98 valence electrons. The van der Waals surface area contributed by atoms with Gasteiger partial charge in [0.15, 0.2) is 0 Å². The summed E-state index contributed by atoms with van der Waals surface area (Å²) in [6.07, 6.45) is 0. The number of rotatable bonds is 2. The smallest absolute Gasteiger partial charge is 0.275 e. The van der Waals surface area contributed by atoms with Gasteiger partial charge in [-0.3, -0.25) is 10.1 Å². The Labute approximate surface area is 106 Å². The Morgan fingerprint density at radius 3 is 2.63 bits per heavy atom. The van der Waals surface area contributed by atoms with Gasteiger partial charge in [0.2, 0.25) is 0 Å². The molecular formula is C12H9F2N3O2. The first-order valence-corrected chi connectivity index (χ1v) is 5.27. The number of nitro groups is 1. The number of anilines is 1. The molecule has 1 heterocycles. The van der Waals surface area contributed by atoms with Crippen molar-refractivity contribution in [2.24, 2.45) is 0 Å². The summed E-state index contributed by atoms with van der Waals surface area (Å²) < 4.78 is 27.6. The summed E-state index contributed by atoms with van der Waals surface area (Å²) in [5.74, 6) is -1.84. The fourth-order valence-electron chi connectivity index (χ4n) is 1.66. The second-order valence-electron chi connectivity index (χ2n) is 3.95. The van der Waals surface area contributed by atoms with E-state index in [0.29, 0.717) is 0 Å². The number of nitrogens with zero attached hydrogens (tertiary/aromatic N) is 2. The van der Waals surface area contributed by atoms with E-state index in [0.717, 1.165) is 18.2 Å². The second kappa shape index (κ2) is 4.60. The molecule has 0 aliphatic carbocycles. The molecule has 0 saturated heterocycles. The lowest BCUT2D eigenvalue weighted by atomic mass is 10.1. The van der Waals surface area contributed by atoms with Crippen LogP contribution in [0.2, 0.25) is 0 Å². The highest BCUT2D eigenvalue weighted by Crippen LogP contribution is 2.29. The predicted octanol–water partition coefficient (Wildman–Crippen LogP) is 2.83. The van der Waals surface area contributed by atoms with Gasteiger partial charge in [-0.05, 0) is 18.6 Å². The van der Waals surface area contributed by atoms with Crippen LogP contribution in [0, 0.1) is 28.7 Å². The number of halogens is 2. The summed E-state index contributed by atoms with van der Waals surface area (Å²) >= 11 is 0. The highest BCUT2D eigenvalue weighted by molar-refractivity contribution is 5.66. The summed E-state index contributed by atoms with van der Waals surface area (Å²) in [6, 6.07) is 4.35. The van der Waals surface area contributed by atoms with Crippen LogP contribution in [0.1, 0.15) is 5.56 Å². The molecule has 0 aliphatic rings. The zero-order valence-electron chi connectivity index (χ0n) is 9.85. The quantitative estimate of drug-likeness (QED) is 0.668. The van der Waals surface area contributed by atoms with E-state index in [1.54, 1.807) is 0 Å². The van der Waals surface area contributed by atoms with Crippen LogP contribution in [-0.2, 0) is 0 Å². The third kappa shape index (κ3) is 2.35. The van der Waals surface area contributed by atoms with Crippen LogP contribution in [-0.4, -0.2) is 9.91 Å². The molecule has 0 aliphatic heterocycles. The van der Waals surface area contributed by atoms with Crippen LogP contribution >= 0.6 is 0 Å². The number of aryl methyl sites for hydroxylation is 1. The van der Waals surface area contributed by atoms with Gasteiger partial charge in [0.1, 0.15) is 17.5 Å². The number of nitrogen functional groups attached to an aromatic ring is 1. The van der Waals surface area contributed by atoms with Crippen LogP contribution in [0.25, 0.3) is 11.3 Å². The first-order valence-electron chi connectivity index (χ1n) is 5.27. The van der Waals surface area contributed by atoms with E-state index >= 15 is 0 Å². The van der Waals surface area contributed by atoms with Gasteiger partial charge < -0.3 is 5.73 Å². The van der Waals surface area contributed by atoms with Gasteiger partial charge in [0.05, 0.1) is 22.2 Å². The van der Waals surface area contributed by atoms with Crippen molar-refractivity contribution in [2.75, 3.05) is 5.73 Å². The molecule has 0 spiro atoms. The molecular weight excluding hydrogens is 256 g/mol. The monoisotopic (exact) mass is 265 g/mol. The van der Waals surface area contributed by atoms with Crippen molar-refractivity contribution in [2.45, 2.75) is 6.92 Å². The number of hydrogen-bond acceptors (Lipinski definition) is 4. The molecule has 1 aromatic heterocycles. The van der Waals surface area contributed by atoms with Gasteiger partial charge in [0.25, 0.3) is 5.69 Å². The number of hydrogen-bond donors (Lipinski definition) is 1. The lowest BCUT2D eigenvalue weighted by Crippen LogP contribution is -2.00. The van der Waals surface area contributed by atoms with E-state index in [-0.39, 0.29) is 22.8 Å². The average molecular weight is 265 g/mol. The van der Waals surface area contributed by atoms with Crippen molar-refractivity contribution in [3.05, 3.63) is 51.6 Å². The highest BCUT2D eigenvalue weighted by Gasteiger charge is 2.18. The Kier molecular flexibility index (Phi) is 3.12. The van der Waals surface area contributed by atoms with Crippen molar-refractivity contribution < 1.29 is 13.7 Å². The van der Waals surface area contributed by atoms with Gasteiger partial charge in [-0.2, -0.15) is 0 Å². The minimum atomic E-state index is -0.851. The van der Waals surface area contributed by atoms with E-state index in [1.807, 2.05) is 0 Å². The molecule has 0 fully saturated rings. The zero-order valence-corrected chi connectivity index (χ0v) is 9.85. The SMILES string of the molecule is Cc1ccc(F)c(-c2cc([N+](=O)[O-])cc(N)n2)c1F. The van der Waals surface area contributed by atoms with Crippen LogP contribution in [0.5, 0.6) is 0 Å². The molecule has 0 saturated carbocycles. The van der Waals surface area contributed by atoms with Crippen molar-refractivity contribution >= 4 is 11.5 Å². The lowest BCUT2D eigenvalue weighted by molar-refractivity contribution is -0.384. The van der Waals surface area contributed by atoms with Crippen molar-refractivity contribution in [1.29, 1.82) is 0 Å². The number of pyridine rings is 1. The van der Waals surface area contributed by atoms with Gasteiger partial charge in [0, 0.05) is 6.07 Å². The van der Waals surface area contributed by atoms with Crippen LogP contribution in [0.15, 0.2) is 24.3 Å². The summed E-state index contributed by atoms with van der Waals surface area (Å²) in [7, 11) is 0. The van der Waals surface area contributed by atoms with E-state index in [4.69, 9.17) is 5.73 Å². The average Bonchev–Trinajstić information content (AvgIpc) is 2.34. The van der Waals surface area contributed by atoms with Crippen LogP contribution in [0.3, 0.4) is 0 Å². The van der Waals surface area contributed by atoms with Crippen molar-refractivity contribution in [3.8, 4) is 11.3 Å². The third-order valence-electron chi connectivity index (χ3n) is 2.58. The maximum absolute atomic E-state index is 13.9. The summed E-state index contributed by atoms with van der Waals surface area (Å²) in [6.45, 7) is 1.46. The Morgan fingerprint density at radius 2 is 2.00 bits per heavy atom. The first kappa shape index (κ1) is 12.9. The summed E-state index contributed by atoms with van der Waals surface area (Å²) in [5, 5.41) is 10.7. The van der Waals surface area contributed by atoms with Crippen LogP contribution < -0.4 is 5.73 Å². The van der Waals surface area contributed by atoms with E-state index in [1.165, 1.54) is 13.0 Å². The molecule has 2 N–H and O–H groups in total.